The maximum absolute atomic E-state index is 10.4. The highest BCUT2D eigenvalue weighted by Gasteiger charge is 2.33. The molecule has 2 aliphatic heterocycles. The molecule has 1 aromatic heterocycles. The molecule has 32 heavy (non-hydrogen) atoms. The third-order valence-corrected chi connectivity index (χ3v) is 6.61. The summed E-state index contributed by atoms with van der Waals surface area (Å²) in [6.07, 6.45) is 4.13. The number of fused-ring (bicyclic) bond motifs is 5. The molecule has 0 radical (unpaired) electrons. The fourth-order valence-electron chi connectivity index (χ4n) is 4.59. The van der Waals surface area contributed by atoms with E-state index in [4.69, 9.17) is 9.47 Å². The van der Waals surface area contributed by atoms with Crippen molar-refractivity contribution in [1.82, 2.24) is 0 Å². The molecule has 3 heterocycles. The lowest BCUT2D eigenvalue weighted by atomic mass is 9.83. The topological polar surface area (TPSA) is 74.5 Å². The third-order valence-electron chi connectivity index (χ3n) is 5.75. The highest BCUT2D eigenvalue weighted by atomic mass is 32.1. The van der Waals surface area contributed by atoms with Crippen molar-refractivity contribution in [3.63, 3.8) is 0 Å². The Morgan fingerprint density at radius 3 is 2.72 bits per heavy atom. The van der Waals surface area contributed by atoms with Gasteiger partial charge in [0, 0.05) is 27.3 Å². The lowest BCUT2D eigenvalue weighted by Gasteiger charge is -2.35. The van der Waals surface area contributed by atoms with E-state index in [0.717, 1.165) is 32.8 Å². The summed E-state index contributed by atoms with van der Waals surface area (Å²) < 4.78 is 12.0. The standard InChI is InChI=1S/C26H22N2O3S/c1-14-12-26(2,3)28-17-6-5-16-23(22(14)17)20(11-21-15(13-27)9-10-32-21)31-19-8-7-18(29)25(30-4)24(16)19/h5-12,28-29H,1-4H3/b20-11-. The molecule has 160 valence electrons. The summed E-state index contributed by atoms with van der Waals surface area (Å²) in [4.78, 5) is 0.839. The lowest BCUT2D eigenvalue weighted by Crippen LogP contribution is -2.32. The van der Waals surface area contributed by atoms with Crippen molar-refractivity contribution >= 4 is 34.4 Å². The molecule has 5 rings (SSSR count). The van der Waals surface area contributed by atoms with Crippen LogP contribution in [-0.2, 0) is 0 Å². The minimum Gasteiger partial charge on any atom is -0.504 e. The highest BCUT2D eigenvalue weighted by Crippen LogP contribution is 2.54. The van der Waals surface area contributed by atoms with Gasteiger partial charge in [-0.2, -0.15) is 5.26 Å². The molecular weight excluding hydrogens is 420 g/mol. The Kier molecular flexibility index (Phi) is 4.54. The smallest absolute Gasteiger partial charge is 0.172 e. The van der Waals surface area contributed by atoms with Crippen LogP contribution in [0.25, 0.3) is 28.5 Å². The van der Waals surface area contributed by atoms with Crippen LogP contribution in [0.3, 0.4) is 0 Å². The van der Waals surface area contributed by atoms with E-state index in [0.29, 0.717) is 28.4 Å². The van der Waals surface area contributed by atoms with Gasteiger partial charge < -0.3 is 19.9 Å². The minimum absolute atomic E-state index is 0.0579. The van der Waals surface area contributed by atoms with Gasteiger partial charge in [0.1, 0.15) is 17.6 Å². The SMILES string of the molecule is COc1c(O)ccc2c1-c1ccc3c(c1/C(=C/c1sccc1C#N)O2)C(C)=CC(C)(C)N3. The van der Waals surface area contributed by atoms with Crippen molar-refractivity contribution in [2.75, 3.05) is 12.4 Å². The molecule has 0 atom stereocenters. The normalized spacial score (nSPS) is 16.6. The van der Waals surface area contributed by atoms with E-state index in [1.807, 2.05) is 23.6 Å². The van der Waals surface area contributed by atoms with Crippen LogP contribution in [0.1, 0.15) is 42.3 Å². The number of rotatable bonds is 2. The minimum atomic E-state index is -0.180. The molecule has 0 amide bonds. The predicted molar refractivity (Wildman–Crippen MR) is 129 cm³/mol. The predicted octanol–water partition coefficient (Wildman–Crippen LogP) is 6.50. The van der Waals surface area contributed by atoms with Gasteiger partial charge >= 0.3 is 0 Å². The number of allylic oxidation sites excluding steroid dienone is 1. The Morgan fingerprint density at radius 1 is 1.16 bits per heavy atom. The van der Waals surface area contributed by atoms with Crippen LogP contribution >= 0.6 is 11.3 Å². The first-order chi connectivity index (χ1) is 15.3. The Bertz CT molecular complexity index is 1370. The van der Waals surface area contributed by atoms with Crippen LogP contribution < -0.4 is 14.8 Å². The number of phenolic OH excluding ortho intramolecular Hbond substituents is 1. The summed E-state index contributed by atoms with van der Waals surface area (Å²) in [5.41, 5.74) is 6.15. The van der Waals surface area contributed by atoms with Crippen molar-refractivity contribution < 1.29 is 14.6 Å². The number of nitriles is 1. The van der Waals surface area contributed by atoms with E-state index < -0.39 is 0 Å². The number of ether oxygens (including phenoxy) is 2. The lowest BCUT2D eigenvalue weighted by molar-refractivity contribution is 0.371. The number of anilines is 1. The molecule has 0 fully saturated rings. The molecule has 0 saturated heterocycles. The molecule has 2 aliphatic rings. The summed E-state index contributed by atoms with van der Waals surface area (Å²) in [6, 6.07) is 11.5. The van der Waals surface area contributed by atoms with Gasteiger partial charge in [-0.25, -0.2) is 0 Å². The molecule has 2 aromatic carbocycles. The number of thiophene rings is 1. The van der Waals surface area contributed by atoms with Crippen molar-refractivity contribution in [1.29, 1.82) is 5.26 Å². The van der Waals surface area contributed by atoms with Crippen molar-refractivity contribution in [2.45, 2.75) is 26.3 Å². The second kappa shape index (κ2) is 7.18. The van der Waals surface area contributed by atoms with Gasteiger partial charge in [0.25, 0.3) is 0 Å². The van der Waals surface area contributed by atoms with Gasteiger partial charge in [-0.15, -0.1) is 11.3 Å². The Balaban J connectivity index is 1.85. The number of nitrogens with one attached hydrogen (secondary N) is 1. The highest BCUT2D eigenvalue weighted by molar-refractivity contribution is 7.11. The Labute approximate surface area is 190 Å². The van der Waals surface area contributed by atoms with Crippen LogP contribution in [0.15, 0.2) is 41.8 Å². The summed E-state index contributed by atoms with van der Waals surface area (Å²) in [5.74, 6) is 1.69. The maximum Gasteiger partial charge on any atom is 0.172 e. The molecule has 6 heteroatoms. The van der Waals surface area contributed by atoms with Crippen molar-refractivity contribution in [3.05, 3.63) is 63.4 Å². The summed E-state index contributed by atoms with van der Waals surface area (Å²) >= 11 is 1.50. The molecule has 2 N–H and O–H groups in total. The first kappa shape index (κ1) is 20.2. The van der Waals surface area contributed by atoms with Crippen LogP contribution in [-0.4, -0.2) is 17.8 Å². The molecular formula is C26H22N2O3S. The van der Waals surface area contributed by atoms with Gasteiger partial charge in [-0.3, -0.25) is 0 Å². The zero-order valence-corrected chi connectivity index (χ0v) is 19.1. The largest absolute Gasteiger partial charge is 0.504 e. The molecule has 5 nitrogen and oxygen atoms in total. The number of aromatic hydroxyl groups is 1. The average molecular weight is 443 g/mol. The fourth-order valence-corrected chi connectivity index (χ4v) is 5.36. The zero-order valence-electron chi connectivity index (χ0n) is 18.2. The molecule has 0 spiro atoms. The van der Waals surface area contributed by atoms with E-state index in [1.165, 1.54) is 11.3 Å². The van der Waals surface area contributed by atoms with Gasteiger partial charge in [0.2, 0.25) is 0 Å². The second-order valence-electron chi connectivity index (χ2n) is 8.50. The third kappa shape index (κ3) is 3.05. The number of phenols is 1. The fraction of sp³-hybridized carbons (Fsp3) is 0.192. The maximum atomic E-state index is 10.4. The number of benzene rings is 2. The summed E-state index contributed by atoms with van der Waals surface area (Å²) in [5, 5.41) is 25.4. The summed E-state index contributed by atoms with van der Waals surface area (Å²) in [7, 11) is 1.54. The Morgan fingerprint density at radius 2 is 1.97 bits per heavy atom. The number of hydrogen-bond donors (Lipinski definition) is 2. The van der Waals surface area contributed by atoms with Gasteiger partial charge in [-0.05, 0) is 62.1 Å². The van der Waals surface area contributed by atoms with Crippen LogP contribution in [0, 0.1) is 11.3 Å². The van der Waals surface area contributed by atoms with Crippen LogP contribution in [0.2, 0.25) is 0 Å². The first-order valence-corrected chi connectivity index (χ1v) is 11.1. The number of nitrogens with zero attached hydrogens (tertiary/aromatic N) is 1. The Hall–Kier alpha value is -3.69. The first-order valence-electron chi connectivity index (χ1n) is 10.3. The van der Waals surface area contributed by atoms with E-state index in [2.05, 4.69) is 44.3 Å². The van der Waals surface area contributed by atoms with Gasteiger partial charge in [0.15, 0.2) is 11.5 Å². The summed E-state index contributed by atoms with van der Waals surface area (Å²) in [6.45, 7) is 6.36. The monoisotopic (exact) mass is 442 g/mol. The van der Waals surface area contributed by atoms with Gasteiger partial charge in [-0.1, -0.05) is 12.1 Å². The number of hydrogen-bond acceptors (Lipinski definition) is 6. The molecule has 0 unspecified atom stereocenters. The zero-order chi connectivity index (χ0) is 22.6. The molecule has 0 bridgehead atoms. The molecule has 0 saturated carbocycles. The molecule has 3 aromatic rings. The number of methoxy groups -OCH3 is 1. The van der Waals surface area contributed by atoms with E-state index in [1.54, 1.807) is 19.2 Å². The van der Waals surface area contributed by atoms with E-state index in [-0.39, 0.29) is 11.3 Å². The van der Waals surface area contributed by atoms with Gasteiger partial charge in [0.05, 0.1) is 23.8 Å². The van der Waals surface area contributed by atoms with Crippen molar-refractivity contribution in [3.8, 4) is 34.4 Å². The molecule has 0 aliphatic carbocycles. The quantitative estimate of drug-likeness (QED) is 0.474. The van der Waals surface area contributed by atoms with Crippen molar-refractivity contribution in [2.24, 2.45) is 0 Å². The van der Waals surface area contributed by atoms with E-state index in [9.17, 15) is 10.4 Å². The van der Waals surface area contributed by atoms with Crippen LogP contribution in [0.4, 0.5) is 5.69 Å². The van der Waals surface area contributed by atoms with Crippen LogP contribution in [0.5, 0.6) is 17.2 Å². The average Bonchev–Trinajstić information content (AvgIpc) is 3.19. The second-order valence-corrected chi connectivity index (χ2v) is 9.44. The van der Waals surface area contributed by atoms with E-state index >= 15 is 0 Å².